The molecule has 0 aliphatic heterocycles. The molecule has 3 N–H and O–H groups in total. The number of aliphatic hydroxyl groups excluding tert-OH is 1. The minimum Gasteiger partial charge on any atom is -0.481 e. The number of aliphatic carboxylic acids is 2. The second kappa shape index (κ2) is 8.50. The monoisotopic (exact) mass is 286 g/mol. The first-order chi connectivity index (χ1) is 9.26. The number of carbonyl (C=O) groups is 2. The van der Waals surface area contributed by atoms with E-state index in [2.05, 4.69) is 4.74 Å². The molecule has 1 rings (SSSR count). The number of hydrogen-bond donors (Lipinski definition) is 3. The van der Waals surface area contributed by atoms with Gasteiger partial charge < -0.3 is 20.1 Å². The molecule has 6 heteroatoms. The average Bonchev–Trinajstić information content (AvgIpc) is 2.39. The second-order valence-corrected chi connectivity index (χ2v) is 4.73. The highest BCUT2D eigenvalue weighted by molar-refractivity contribution is 5.90. The van der Waals surface area contributed by atoms with Crippen LogP contribution in [0.3, 0.4) is 0 Å². The molecule has 6 nitrogen and oxygen atoms in total. The number of carboxylic acids is 2. The van der Waals surface area contributed by atoms with Gasteiger partial charge in [0.25, 0.3) is 0 Å². The third kappa shape index (κ3) is 5.99. The fourth-order valence-electron chi connectivity index (χ4n) is 1.55. The lowest BCUT2D eigenvalue weighted by Crippen LogP contribution is -2.28. The van der Waals surface area contributed by atoms with Gasteiger partial charge in [0.15, 0.2) is 6.29 Å². The van der Waals surface area contributed by atoms with Crippen molar-refractivity contribution in [1.29, 1.82) is 0 Å². The van der Waals surface area contributed by atoms with Crippen molar-refractivity contribution in [2.24, 2.45) is 5.41 Å². The molecule has 0 radical (unpaired) electrons. The molecule has 0 saturated carbocycles. The van der Waals surface area contributed by atoms with Gasteiger partial charge in [0.05, 0.1) is 5.41 Å². The summed E-state index contributed by atoms with van der Waals surface area (Å²) in [6.07, 6.45) is 5.58. The first-order valence-corrected chi connectivity index (χ1v) is 6.32. The summed E-state index contributed by atoms with van der Waals surface area (Å²) in [4.78, 5) is 21.3. The lowest BCUT2D eigenvalue weighted by molar-refractivity contribution is -0.145. The number of ether oxygens (including phenoxy) is 1. The zero-order valence-corrected chi connectivity index (χ0v) is 12.0. The maximum absolute atomic E-state index is 10.8. The highest BCUT2D eigenvalue weighted by Gasteiger charge is 2.34. The molecule has 0 saturated heterocycles. The summed E-state index contributed by atoms with van der Waals surface area (Å²) in [5, 5.41) is 26.1. The van der Waals surface area contributed by atoms with Crippen LogP contribution in [-0.2, 0) is 14.3 Å². The molecule has 1 aliphatic rings. The third-order valence-electron chi connectivity index (χ3n) is 2.89. The van der Waals surface area contributed by atoms with Gasteiger partial charge in [-0.1, -0.05) is 31.6 Å². The molecule has 2 atom stereocenters. The average molecular weight is 286 g/mol. The lowest BCUT2D eigenvalue weighted by atomic mass is 9.80. The van der Waals surface area contributed by atoms with Crippen molar-refractivity contribution in [1.82, 2.24) is 0 Å². The van der Waals surface area contributed by atoms with Gasteiger partial charge in [-0.05, 0) is 19.8 Å². The Bertz CT molecular complexity index is 398. The van der Waals surface area contributed by atoms with Crippen LogP contribution in [0.25, 0.3) is 0 Å². The Kier molecular flexibility index (Phi) is 7.79. The van der Waals surface area contributed by atoms with Gasteiger partial charge in [-0.3, -0.25) is 4.79 Å². The van der Waals surface area contributed by atoms with E-state index in [0.717, 1.165) is 12.8 Å². The normalized spacial score (nSPS) is 22.3. The maximum Gasteiger partial charge on any atom is 0.331 e. The van der Waals surface area contributed by atoms with Crippen molar-refractivity contribution in [2.75, 3.05) is 7.11 Å². The molecule has 114 valence electrons. The number of methoxy groups -OCH3 is 1. The molecular formula is C14H22O6. The first-order valence-electron chi connectivity index (χ1n) is 6.32. The molecule has 1 aliphatic carbocycles. The van der Waals surface area contributed by atoms with Crippen LogP contribution in [0.5, 0.6) is 0 Å². The quantitative estimate of drug-likeness (QED) is 0.666. The summed E-state index contributed by atoms with van der Waals surface area (Å²) >= 11 is 0. The minimum atomic E-state index is -1.08. The van der Waals surface area contributed by atoms with E-state index in [1.807, 2.05) is 6.92 Å². The van der Waals surface area contributed by atoms with Crippen LogP contribution in [0, 0.1) is 5.41 Å². The van der Waals surface area contributed by atoms with Crippen molar-refractivity contribution in [3.05, 3.63) is 23.8 Å². The van der Waals surface area contributed by atoms with Crippen LogP contribution in [0.15, 0.2) is 23.8 Å². The molecule has 0 aromatic rings. The van der Waals surface area contributed by atoms with Gasteiger partial charge in [-0.15, -0.1) is 0 Å². The van der Waals surface area contributed by atoms with Crippen molar-refractivity contribution in [3.63, 3.8) is 0 Å². The van der Waals surface area contributed by atoms with Crippen LogP contribution in [0.2, 0.25) is 0 Å². The van der Waals surface area contributed by atoms with Gasteiger partial charge >= 0.3 is 11.9 Å². The molecule has 0 amide bonds. The van der Waals surface area contributed by atoms with E-state index in [1.165, 1.54) is 32.3 Å². The van der Waals surface area contributed by atoms with Gasteiger partial charge in [0.2, 0.25) is 0 Å². The van der Waals surface area contributed by atoms with Crippen molar-refractivity contribution in [2.45, 2.75) is 39.4 Å². The van der Waals surface area contributed by atoms with Gasteiger partial charge in [0.1, 0.15) is 0 Å². The summed E-state index contributed by atoms with van der Waals surface area (Å²) < 4.78 is 4.55. The highest BCUT2D eigenvalue weighted by atomic mass is 16.6. The Morgan fingerprint density at radius 2 is 2.05 bits per heavy atom. The van der Waals surface area contributed by atoms with Crippen LogP contribution in [0.1, 0.15) is 33.1 Å². The van der Waals surface area contributed by atoms with E-state index in [4.69, 9.17) is 15.3 Å². The Labute approximate surface area is 118 Å². The number of allylic oxidation sites excluding steroid dienone is 2. The first kappa shape index (κ1) is 18.3. The van der Waals surface area contributed by atoms with Crippen molar-refractivity contribution in [3.8, 4) is 0 Å². The van der Waals surface area contributed by atoms with E-state index < -0.39 is 23.6 Å². The zero-order chi connectivity index (χ0) is 15.8. The lowest BCUT2D eigenvalue weighted by Gasteiger charge is -2.23. The molecule has 0 heterocycles. The van der Waals surface area contributed by atoms with E-state index in [0.29, 0.717) is 0 Å². The van der Waals surface area contributed by atoms with Gasteiger partial charge in [0, 0.05) is 12.7 Å². The Balaban J connectivity index is 0.000000441. The number of rotatable bonds is 5. The van der Waals surface area contributed by atoms with E-state index >= 15 is 0 Å². The molecule has 0 aromatic heterocycles. The molecule has 0 spiro atoms. The van der Waals surface area contributed by atoms with Crippen LogP contribution in [0.4, 0.5) is 0 Å². The van der Waals surface area contributed by atoms with Crippen molar-refractivity contribution < 1.29 is 29.6 Å². The minimum absolute atomic E-state index is 0.0359. The van der Waals surface area contributed by atoms with Crippen molar-refractivity contribution >= 4 is 11.9 Å². The Morgan fingerprint density at radius 1 is 1.45 bits per heavy atom. The number of hydrogen-bond acceptors (Lipinski definition) is 4. The van der Waals surface area contributed by atoms with E-state index in [1.54, 1.807) is 0 Å². The predicted octanol–water partition coefficient (Wildman–Crippen LogP) is 1.80. The topological polar surface area (TPSA) is 104 Å². The molecule has 20 heavy (non-hydrogen) atoms. The van der Waals surface area contributed by atoms with E-state index in [9.17, 15) is 9.59 Å². The largest absolute Gasteiger partial charge is 0.481 e. The van der Waals surface area contributed by atoms with E-state index in [-0.39, 0.29) is 12.0 Å². The number of aliphatic hydroxyl groups is 1. The van der Waals surface area contributed by atoms with Gasteiger partial charge in [-0.25, -0.2) is 4.79 Å². The molecule has 0 bridgehead atoms. The Morgan fingerprint density at radius 3 is 2.40 bits per heavy atom. The molecular weight excluding hydrogens is 264 g/mol. The van der Waals surface area contributed by atoms with Crippen LogP contribution in [-0.4, -0.2) is 40.7 Å². The predicted molar refractivity (Wildman–Crippen MR) is 73.1 cm³/mol. The maximum atomic E-state index is 10.8. The van der Waals surface area contributed by atoms with Crippen LogP contribution < -0.4 is 0 Å². The summed E-state index contributed by atoms with van der Waals surface area (Å²) in [5.41, 5.74) is -0.949. The SMILES string of the molecule is CC1(C(=O)O)C=CC=C(C(=O)O)C1.CCCC(O)OC. The number of carboxylic acid groups (broad SMARTS) is 2. The molecule has 0 fully saturated rings. The third-order valence-corrected chi connectivity index (χ3v) is 2.89. The summed E-state index contributed by atoms with van der Waals surface area (Å²) in [6, 6.07) is 0. The molecule has 0 aromatic carbocycles. The summed E-state index contributed by atoms with van der Waals surface area (Å²) in [6.45, 7) is 3.50. The fourth-order valence-corrected chi connectivity index (χ4v) is 1.55. The molecule has 2 unspecified atom stereocenters. The smallest absolute Gasteiger partial charge is 0.331 e. The fraction of sp³-hybridized carbons (Fsp3) is 0.571. The second-order valence-electron chi connectivity index (χ2n) is 4.73. The van der Waals surface area contributed by atoms with Gasteiger partial charge in [-0.2, -0.15) is 0 Å². The summed E-state index contributed by atoms with van der Waals surface area (Å²) in [5.74, 6) is -2.06. The standard InChI is InChI=1S/C9H10O4.C5H12O2/c1-9(8(12)13)4-2-3-6(5-9)7(10)11;1-3-4-5(6)7-2/h2-4H,5H2,1H3,(H,10,11)(H,12,13);5-6H,3-4H2,1-2H3. The zero-order valence-electron chi connectivity index (χ0n) is 12.0. The van der Waals surface area contributed by atoms with Crippen LogP contribution >= 0.6 is 0 Å². The highest BCUT2D eigenvalue weighted by Crippen LogP contribution is 2.31. The Hall–Kier alpha value is -1.66. The summed E-state index contributed by atoms with van der Waals surface area (Å²) in [7, 11) is 1.50.